The van der Waals surface area contributed by atoms with Crippen molar-refractivity contribution in [1.82, 2.24) is 14.9 Å². The number of sulfonamides is 1. The van der Waals surface area contributed by atoms with Gasteiger partial charge in [0.1, 0.15) is 5.75 Å². The zero-order valence-electron chi connectivity index (χ0n) is 20.2. The zero-order valence-corrected chi connectivity index (χ0v) is 21.0. The molecular formula is C26H35N3O5S. The molecule has 1 fully saturated rings. The SMILES string of the molecule is CCCS(=O)(=O)NCc1ccc2c(c1)C[C@@H](C(=O)NC[C@@H](CN1CC[C@H](O)C1)c1ccccc1)O2. The maximum Gasteiger partial charge on any atom is 0.261 e. The number of β-amino-alcohol motifs (C(OH)–C–C–N with tert-alkyl or cyclic N) is 1. The highest BCUT2D eigenvalue weighted by Crippen LogP contribution is 2.30. The van der Waals surface area contributed by atoms with Crippen molar-refractivity contribution in [3.05, 3.63) is 65.2 Å². The molecule has 0 aliphatic carbocycles. The molecule has 4 rings (SSSR count). The predicted octanol–water partition coefficient (Wildman–Crippen LogP) is 1.79. The molecule has 9 heteroatoms. The van der Waals surface area contributed by atoms with Crippen LogP contribution in [-0.2, 0) is 27.8 Å². The van der Waals surface area contributed by atoms with Crippen molar-refractivity contribution in [3.63, 3.8) is 0 Å². The third-order valence-electron chi connectivity index (χ3n) is 6.58. The lowest BCUT2D eigenvalue weighted by Gasteiger charge is -2.25. The Hall–Kier alpha value is -2.46. The Morgan fingerprint density at radius 3 is 2.74 bits per heavy atom. The molecule has 2 aliphatic rings. The Balaban J connectivity index is 1.33. The topological polar surface area (TPSA) is 108 Å². The van der Waals surface area contributed by atoms with Crippen LogP contribution in [0.15, 0.2) is 48.5 Å². The molecule has 0 bridgehead atoms. The van der Waals surface area contributed by atoms with Crippen LogP contribution in [0.3, 0.4) is 0 Å². The van der Waals surface area contributed by atoms with Gasteiger partial charge in [-0.3, -0.25) is 9.69 Å². The van der Waals surface area contributed by atoms with Crippen LogP contribution >= 0.6 is 0 Å². The van der Waals surface area contributed by atoms with Crippen molar-refractivity contribution in [2.24, 2.45) is 0 Å². The van der Waals surface area contributed by atoms with E-state index in [2.05, 4.69) is 27.1 Å². The fourth-order valence-corrected chi connectivity index (χ4v) is 5.80. The molecule has 0 aromatic heterocycles. The Bertz CT molecular complexity index is 1110. The number of likely N-dealkylation sites (tertiary alicyclic amines) is 1. The van der Waals surface area contributed by atoms with Gasteiger partial charge in [-0.2, -0.15) is 0 Å². The van der Waals surface area contributed by atoms with Crippen LogP contribution in [0.25, 0.3) is 0 Å². The Kier molecular flexibility index (Phi) is 8.43. The van der Waals surface area contributed by atoms with Crippen LogP contribution in [0.4, 0.5) is 0 Å². The van der Waals surface area contributed by atoms with Gasteiger partial charge >= 0.3 is 0 Å². The maximum absolute atomic E-state index is 13.0. The molecule has 0 radical (unpaired) electrons. The summed E-state index contributed by atoms with van der Waals surface area (Å²) in [5.74, 6) is 0.716. The van der Waals surface area contributed by atoms with E-state index in [1.54, 1.807) is 6.07 Å². The second-order valence-corrected chi connectivity index (χ2v) is 11.4. The first-order valence-electron chi connectivity index (χ1n) is 12.3. The van der Waals surface area contributed by atoms with Gasteiger partial charge < -0.3 is 15.2 Å². The van der Waals surface area contributed by atoms with E-state index >= 15 is 0 Å². The molecule has 1 amide bonds. The summed E-state index contributed by atoms with van der Waals surface area (Å²) in [6, 6.07) is 15.7. The van der Waals surface area contributed by atoms with Crippen LogP contribution in [0.5, 0.6) is 5.75 Å². The van der Waals surface area contributed by atoms with Gasteiger partial charge in [-0.1, -0.05) is 49.4 Å². The van der Waals surface area contributed by atoms with Crippen molar-refractivity contribution in [2.75, 3.05) is 31.9 Å². The number of nitrogens with one attached hydrogen (secondary N) is 2. The summed E-state index contributed by atoms with van der Waals surface area (Å²) in [5.41, 5.74) is 2.90. The first-order valence-corrected chi connectivity index (χ1v) is 14.0. The summed E-state index contributed by atoms with van der Waals surface area (Å²) >= 11 is 0. The minimum atomic E-state index is -3.28. The summed E-state index contributed by atoms with van der Waals surface area (Å²) in [6.45, 7) is 4.82. The van der Waals surface area contributed by atoms with Gasteiger partial charge in [-0.05, 0) is 35.6 Å². The number of amides is 1. The normalized spacial score (nSPS) is 20.9. The van der Waals surface area contributed by atoms with Crippen molar-refractivity contribution in [1.29, 1.82) is 0 Å². The van der Waals surface area contributed by atoms with E-state index in [0.29, 0.717) is 31.7 Å². The number of rotatable bonds is 11. The van der Waals surface area contributed by atoms with Crippen LogP contribution in [0.2, 0.25) is 0 Å². The van der Waals surface area contributed by atoms with Crippen LogP contribution in [0, 0.1) is 0 Å². The molecular weight excluding hydrogens is 466 g/mol. The number of aliphatic hydroxyl groups excluding tert-OH is 1. The molecule has 3 N–H and O–H groups in total. The lowest BCUT2D eigenvalue weighted by atomic mass is 9.98. The van der Waals surface area contributed by atoms with Gasteiger partial charge in [0.25, 0.3) is 5.91 Å². The summed E-state index contributed by atoms with van der Waals surface area (Å²) in [4.78, 5) is 15.2. The Morgan fingerprint density at radius 2 is 2.03 bits per heavy atom. The molecule has 2 aromatic rings. The number of aliphatic hydroxyl groups is 1. The summed E-state index contributed by atoms with van der Waals surface area (Å²) in [7, 11) is -3.28. The second kappa shape index (κ2) is 11.5. The summed E-state index contributed by atoms with van der Waals surface area (Å²) in [5, 5.41) is 13.0. The van der Waals surface area contributed by atoms with Crippen molar-refractivity contribution >= 4 is 15.9 Å². The molecule has 3 atom stereocenters. The van der Waals surface area contributed by atoms with E-state index < -0.39 is 16.1 Å². The average Bonchev–Trinajstić information content (AvgIpc) is 3.46. The van der Waals surface area contributed by atoms with E-state index in [0.717, 1.165) is 36.2 Å². The van der Waals surface area contributed by atoms with Gasteiger partial charge in [0.2, 0.25) is 10.0 Å². The highest BCUT2D eigenvalue weighted by molar-refractivity contribution is 7.89. The fourth-order valence-electron chi connectivity index (χ4n) is 4.73. The Morgan fingerprint density at radius 1 is 1.23 bits per heavy atom. The van der Waals surface area contributed by atoms with E-state index in [4.69, 9.17) is 4.74 Å². The second-order valence-electron chi connectivity index (χ2n) is 9.45. The fraction of sp³-hybridized carbons (Fsp3) is 0.500. The highest BCUT2D eigenvalue weighted by Gasteiger charge is 2.30. The smallest absolute Gasteiger partial charge is 0.261 e. The van der Waals surface area contributed by atoms with E-state index in [9.17, 15) is 18.3 Å². The quantitative estimate of drug-likeness (QED) is 0.433. The van der Waals surface area contributed by atoms with Crippen molar-refractivity contribution < 1.29 is 23.1 Å². The molecule has 2 aliphatic heterocycles. The number of hydrogen-bond donors (Lipinski definition) is 3. The van der Waals surface area contributed by atoms with Crippen LogP contribution < -0.4 is 14.8 Å². The predicted molar refractivity (Wildman–Crippen MR) is 135 cm³/mol. The highest BCUT2D eigenvalue weighted by atomic mass is 32.2. The number of carbonyl (C=O) groups is 1. The number of ether oxygens (including phenoxy) is 1. The summed E-state index contributed by atoms with van der Waals surface area (Å²) in [6.07, 6.45) is 0.907. The van der Waals surface area contributed by atoms with Crippen molar-refractivity contribution in [2.45, 2.75) is 50.9 Å². The summed E-state index contributed by atoms with van der Waals surface area (Å²) < 4.78 is 32.4. The number of nitrogens with zero attached hydrogens (tertiary/aromatic N) is 1. The Labute approximate surface area is 207 Å². The monoisotopic (exact) mass is 501 g/mol. The van der Waals surface area contributed by atoms with E-state index in [1.807, 2.05) is 37.3 Å². The number of hydrogen-bond acceptors (Lipinski definition) is 6. The first-order chi connectivity index (χ1) is 16.8. The molecule has 1 saturated heterocycles. The molecule has 0 saturated carbocycles. The zero-order chi connectivity index (χ0) is 24.8. The molecule has 0 spiro atoms. The number of carbonyl (C=O) groups excluding carboxylic acids is 1. The van der Waals surface area contributed by atoms with Gasteiger partial charge in [-0.15, -0.1) is 0 Å². The van der Waals surface area contributed by atoms with Gasteiger partial charge in [0, 0.05) is 45.1 Å². The molecule has 8 nitrogen and oxygen atoms in total. The third kappa shape index (κ3) is 7.04. The third-order valence-corrected chi connectivity index (χ3v) is 8.11. The van der Waals surface area contributed by atoms with Crippen LogP contribution in [-0.4, -0.2) is 68.5 Å². The standard InChI is InChI=1S/C26H35N3O5S/c1-2-12-35(32,33)28-15-19-8-9-24-21(13-19)14-25(34-24)26(31)27-16-22(20-6-4-3-5-7-20)17-29-11-10-23(30)18-29/h3-9,13,22-23,25,28,30H,2,10-12,14-18H2,1H3,(H,27,31)/t22-,23-,25-/m0/s1. The molecule has 0 unspecified atom stereocenters. The lowest BCUT2D eigenvalue weighted by molar-refractivity contribution is -0.127. The van der Waals surface area contributed by atoms with Gasteiger partial charge in [0.15, 0.2) is 6.10 Å². The molecule has 2 aromatic carbocycles. The average molecular weight is 502 g/mol. The van der Waals surface area contributed by atoms with Crippen LogP contribution in [0.1, 0.15) is 42.4 Å². The first kappa shape index (κ1) is 25.6. The number of benzene rings is 2. The maximum atomic E-state index is 13.0. The molecule has 35 heavy (non-hydrogen) atoms. The molecule has 190 valence electrons. The minimum absolute atomic E-state index is 0.103. The molecule has 2 heterocycles. The largest absolute Gasteiger partial charge is 0.480 e. The minimum Gasteiger partial charge on any atom is -0.480 e. The van der Waals surface area contributed by atoms with Gasteiger partial charge in [-0.25, -0.2) is 13.1 Å². The van der Waals surface area contributed by atoms with E-state index in [-0.39, 0.29) is 30.2 Å². The van der Waals surface area contributed by atoms with Crippen molar-refractivity contribution in [3.8, 4) is 5.75 Å². The lowest BCUT2D eigenvalue weighted by Crippen LogP contribution is -2.41. The van der Waals surface area contributed by atoms with Gasteiger partial charge in [0.05, 0.1) is 11.9 Å². The number of fused-ring (bicyclic) bond motifs is 1. The van der Waals surface area contributed by atoms with E-state index in [1.165, 1.54) is 0 Å².